The highest BCUT2D eigenvalue weighted by Gasteiger charge is 2.22. The first kappa shape index (κ1) is 22.7. The molecule has 0 bridgehead atoms. The largest absolute Gasteiger partial charge is 0.478 e. The number of nitrogens with one attached hydrogen (secondary N) is 1. The number of carbonyl (C=O) groups is 2. The second kappa shape index (κ2) is 9.97. The van der Waals surface area contributed by atoms with Crippen molar-refractivity contribution >= 4 is 44.2 Å². The zero-order valence-electron chi connectivity index (χ0n) is 18.5. The Kier molecular flexibility index (Phi) is 6.86. The summed E-state index contributed by atoms with van der Waals surface area (Å²) in [4.78, 5) is 31.1. The van der Waals surface area contributed by atoms with E-state index in [0.717, 1.165) is 41.5 Å². The number of ether oxygens (including phenoxy) is 1. The molecule has 170 valence electrons. The van der Waals surface area contributed by atoms with Crippen LogP contribution in [0.2, 0.25) is 0 Å². The van der Waals surface area contributed by atoms with Gasteiger partial charge in [-0.15, -0.1) is 11.3 Å². The number of likely N-dealkylation sites (tertiary alicyclic amines) is 1. The molecule has 7 nitrogen and oxygen atoms in total. The maximum atomic E-state index is 12.7. The Morgan fingerprint density at radius 1 is 1.09 bits per heavy atom. The Morgan fingerprint density at radius 3 is 2.58 bits per heavy atom. The van der Waals surface area contributed by atoms with Crippen molar-refractivity contribution in [1.29, 1.82) is 0 Å². The van der Waals surface area contributed by atoms with Gasteiger partial charge < -0.3 is 20.1 Å². The molecule has 33 heavy (non-hydrogen) atoms. The number of carboxylic acids is 1. The van der Waals surface area contributed by atoms with E-state index in [2.05, 4.69) is 10.3 Å². The second-order valence-corrected chi connectivity index (χ2v) is 8.78. The van der Waals surface area contributed by atoms with Gasteiger partial charge in [-0.2, -0.15) is 0 Å². The van der Waals surface area contributed by atoms with Crippen LogP contribution in [0.25, 0.3) is 21.0 Å². The first-order chi connectivity index (χ1) is 16.0. The first-order valence-electron chi connectivity index (χ1n) is 10.7. The molecule has 3 heterocycles. The molecule has 8 heteroatoms. The normalized spacial score (nSPS) is 13.1. The highest BCUT2D eigenvalue weighted by Crippen LogP contribution is 2.36. The van der Waals surface area contributed by atoms with Crippen molar-refractivity contribution in [2.75, 3.05) is 27.2 Å². The topological polar surface area (TPSA) is 91.8 Å². The van der Waals surface area contributed by atoms with Crippen LogP contribution < -0.4 is 10.1 Å². The Bertz CT molecular complexity index is 1310. The molecule has 1 amide bonds. The van der Waals surface area contributed by atoms with Crippen LogP contribution in [-0.4, -0.2) is 54.1 Å². The zero-order chi connectivity index (χ0) is 23.4. The molecule has 0 aliphatic carbocycles. The van der Waals surface area contributed by atoms with Crippen LogP contribution in [0.5, 0.6) is 11.5 Å². The lowest BCUT2D eigenvalue weighted by Gasteiger charge is -2.13. The molecule has 2 aromatic carbocycles. The van der Waals surface area contributed by atoms with Crippen molar-refractivity contribution in [2.24, 2.45) is 0 Å². The minimum atomic E-state index is -0.959. The number of hydrogen-bond donors (Lipinski definition) is 2. The number of thiophene rings is 1. The van der Waals surface area contributed by atoms with E-state index in [4.69, 9.17) is 4.74 Å². The maximum absolute atomic E-state index is 12.7. The molecule has 1 aliphatic heterocycles. The summed E-state index contributed by atoms with van der Waals surface area (Å²) in [5.41, 5.74) is 0.989. The fourth-order valence-electron chi connectivity index (χ4n) is 3.82. The quantitative estimate of drug-likeness (QED) is 0.442. The molecule has 5 rings (SSSR count). The highest BCUT2D eigenvalue weighted by atomic mass is 32.1. The first-order valence-corrected chi connectivity index (χ1v) is 11.5. The molecule has 1 aliphatic rings. The van der Waals surface area contributed by atoms with Crippen LogP contribution in [0.3, 0.4) is 0 Å². The second-order valence-electron chi connectivity index (χ2n) is 7.73. The Labute approximate surface area is 195 Å². The number of benzene rings is 2. The lowest BCUT2D eigenvalue weighted by atomic mass is 10.0. The number of aromatic carboxylic acids is 1. The number of amides is 1. The van der Waals surface area contributed by atoms with Crippen LogP contribution in [0, 0.1) is 0 Å². The third-order valence-electron chi connectivity index (χ3n) is 5.29. The molecule has 0 radical (unpaired) electrons. The molecular weight excluding hydrogens is 438 g/mol. The number of nitrogens with zero attached hydrogens (tertiary/aromatic N) is 2. The monoisotopic (exact) mass is 463 g/mol. The van der Waals surface area contributed by atoms with E-state index < -0.39 is 5.97 Å². The van der Waals surface area contributed by atoms with E-state index in [0.29, 0.717) is 21.8 Å². The summed E-state index contributed by atoms with van der Waals surface area (Å²) in [7, 11) is 3.75. The number of fused-ring (bicyclic) bond motifs is 2. The standard InChI is InChI=1S/C23H18N2O4S.C2H7N/c26-22(25-10-1-2-11-25)20-13-18-21(30-20)19(8-9-24-18)29-15-6-7-16-14(12-15)4-3-5-17(16)23(27)28;1-3-2/h3-9,12-13H,1-2,10-11H2,(H,27,28);3H,1-2H3. The SMILES string of the molecule is CNC.O=C(O)c1cccc2cc(Oc3ccnc4cc(C(=O)N5CCCC5)sc34)ccc12. The van der Waals surface area contributed by atoms with E-state index >= 15 is 0 Å². The average molecular weight is 464 g/mol. The fraction of sp³-hybridized carbons (Fsp3) is 0.240. The summed E-state index contributed by atoms with van der Waals surface area (Å²) in [5.74, 6) is 0.310. The summed E-state index contributed by atoms with van der Waals surface area (Å²) in [5, 5.41) is 13.6. The van der Waals surface area contributed by atoms with E-state index in [1.54, 1.807) is 36.5 Å². The van der Waals surface area contributed by atoms with Crippen molar-refractivity contribution < 1.29 is 19.4 Å². The fourth-order valence-corrected chi connectivity index (χ4v) is 4.85. The maximum Gasteiger partial charge on any atom is 0.336 e. The Balaban J connectivity index is 0.000000821. The molecule has 1 saturated heterocycles. The lowest BCUT2D eigenvalue weighted by Crippen LogP contribution is -2.26. The number of carbonyl (C=O) groups excluding carboxylic acids is 1. The number of hydrogen-bond acceptors (Lipinski definition) is 6. The van der Waals surface area contributed by atoms with Crippen LogP contribution in [0.4, 0.5) is 0 Å². The molecule has 2 aromatic heterocycles. The number of aromatic nitrogens is 1. The van der Waals surface area contributed by atoms with Gasteiger partial charge >= 0.3 is 5.97 Å². The summed E-state index contributed by atoms with van der Waals surface area (Å²) < 4.78 is 6.94. The van der Waals surface area contributed by atoms with Crippen LogP contribution in [0.1, 0.15) is 32.9 Å². The predicted octanol–water partition coefficient (Wildman–Crippen LogP) is 5.01. The van der Waals surface area contributed by atoms with Crippen molar-refractivity contribution in [1.82, 2.24) is 15.2 Å². The number of rotatable bonds is 4. The Morgan fingerprint density at radius 2 is 1.85 bits per heavy atom. The molecule has 0 atom stereocenters. The van der Waals surface area contributed by atoms with Crippen LogP contribution >= 0.6 is 11.3 Å². The van der Waals surface area contributed by atoms with Gasteiger partial charge in [-0.1, -0.05) is 12.1 Å². The Hall–Kier alpha value is -3.49. The summed E-state index contributed by atoms with van der Waals surface area (Å²) in [6.45, 7) is 1.61. The van der Waals surface area contributed by atoms with Gasteiger partial charge in [-0.25, -0.2) is 4.79 Å². The van der Waals surface area contributed by atoms with Crippen molar-refractivity contribution in [3.8, 4) is 11.5 Å². The molecule has 2 N–H and O–H groups in total. The van der Waals surface area contributed by atoms with E-state index in [1.165, 1.54) is 11.3 Å². The number of pyridine rings is 1. The molecular formula is C25H25N3O4S. The van der Waals surface area contributed by atoms with Gasteiger partial charge in [0, 0.05) is 25.4 Å². The molecule has 0 unspecified atom stereocenters. The van der Waals surface area contributed by atoms with E-state index in [-0.39, 0.29) is 11.5 Å². The van der Waals surface area contributed by atoms with Crippen molar-refractivity contribution in [3.63, 3.8) is 0 Å². The van der Waals surface area contributed by atoms with E-state index in [1.807, 2.05) is 37.2 Å². The minimum Gasteiger partial charge on any atom is -0.478 e. The van der Waals surface area contributed by atoms with Gasteiger partial charge in [0.15, 0.2) is 0 Å². The van der Waals surface area contributed by atoms with Gasteiger partial charge in [0.2, 0.25) is 0 Å². The zero-order valence-corrected chi connectivity index (χ0v) is 19.3. The molecule has 0 spiro atoms. The van der Waals surface area contributed by atoms with Gasteiger partial charge in [-0.3, -0.25) is 9.78 Å². The highest BCUT2D eigenvalue weighted by molar-refractivity contribution is 7.21. The molecule has 4 aromatic rings. The summed E-state index contributed by atoms with van der Waals surface area (Å²) in [6, 6.07) is 14.1. The summed E-state index contributed by atoms with van der Waals surface area (Å²) in [6.07, 6.45) is 3.77. The third kappa shape index (κ3) is 4.81. The lowest BCUT2D eigenvalue weighted by molar-refractivity contribution is 0.0698. The van der Waals surface area contributed by atoms with E-state index in [9.17, 15) is 14.7 Å². The van der Waals surface area contributed by atoms with Crippen molar-refractivity contribution in [3.05, 3.63) is 65.2 Å². The van der Waals surface area contributed by atoms with Gasteiger partial charge in [0.1, 0.15) is 11.5 Å². The van der Waals surface area contributed by atoms with Gasteiger partial charge in [0.25, 0.3) is 5.91 Å². The molecule has 0 saturated carbocycles. The average Bonchev–Trinajstić information content (AvgIpc) is 3.49. The summed E-state index contributed by atoms with van der Waals surface area (Å²) >= 11 is 1.39. The van der Waals surface area contributed by atoms with Crippen molar-refractivity contribution in [2.45, 2.75) is 12.8 Å². The van der Waals surface area contributed by atoms with Gasteiger partial charge in [-0.05, 0) is 68.0 Å². The molecule has 1 fully saturated rings. The number of carboxylic acid groups (broad SMARTS) is 1. The van der Waals surface area contributed by atoms with Gasteiger partial charge in [0.05, 0.1) is 20.7 Å². The van der Waals surface area contributed by atoms with Crippen LogP contribution in [0.15, 0.2) is 54.7 Å². The predicted molar refractivity (Wildman–Crippen MR) is 131 cm³/mol. The smallest absolute Gasteiger partial charge is 0.336 e. The third-order valence-corrected chi connectivity index (χ3v) is 6.42. The minimum absolute atomic E-state index is 0.0494. The van der Waals surface area contributed by atoms with Crippen LogP contribution in [-0.2, 0) is 0 Å².